The fraction of sp³-hybridized carbons (Fsp3) is 0.125. The lowest BCUT2D eigenvalue weighted by atomic mass is 10.0. The van der Waals surface area contributed by atoms with Crippen molar-refractivity contribution in [1.29, 1.82) is 0 Å². The Kier molecular flexibility index (Phi) is 3.55. The number of fused-ring (bicyclic) bond motifs is 1. The van der Waals surface area contributed by atoms with E-state index in [9.17, 15) is 4.79 Å². The van der Waals surface area contributed by atoms with E-state index in [1.54, 1.807) is 0 Å². The number of carboxylic acid groups (broad SMARTS) is 1. The molecule has 0 fully saturated rings. The fourth-order valence-corrected chi connectivity index (χ4v) is 2.18. The van der Waals surface area contributed by atoms with Gasteiger partial charge >= 0.3 is 5.97 Å². The van der Waals surface area contributed by atoms with Gasteiger partial charge in [0.1, 0.15) is 5.52 Å². The van der Waals surface area contributed by atoms with Crippen molar-refractivity contribution in [2.45, 2.75) is 13.0 Å². The molecule has 1 heterocycles. The summed E-state index contributed by atoms with van der Waals surface area (Å²) in [4.78, 5) is 15.2. The fourth-order valence-electron chi connectivity index (χ4n) is 2.18. The lowest BCUT2D eigenvalue weighted by Crippen LogP contribution is -2.07. The normalized spacial score (nSPS) is 10.7. The lowest BCUT2D eigenvalue weighted by Gasteiger charge is -2.07. The minimum atomic E-state index is -0.843. The van der Waals surface area contributed by atoms with Gasteiger partial charge in [-0.2, -0.15) is 4.98 Å². The summed E-state index contributed by atoms with van der Waals surface area (Å²) >= 11 is 0. The Labute approximate surface area is 121 Å². The topological polar surface area (TPSA) is 75.4 Å². The van der Waals surface area contributed by atoms with Crippen LogP contribution < -0.4 is 5.32 Å². The number of benzene rings is 2. The van der Waals surface area contributed by atoms with Gasteiger partial charge < -0.3 is 14.8 Å². The van der Waals surface area contributed by atoms with Gasteiger partial charge in [0.15, 0.2) is 5.58 Å². The molecular weight excluding hydrogens is 268 g/mol. The molecule has 3 aromatic rings. The number of nitrogens with one attached hydrogen (secondary N) is 1. The van der Waals surface area contributed by atoms with Crippen LogP contribution in [0.5, 0.6) is 0 Å². The van der Waals surface area contributed by atoms with Crippen LogP contribution in [0.4, 0.5) is 6.01 Å². The highest BCUT2D eigenvalue weighted by molar-refractivity contribution is 5.74. The number of aromatic nitrogens is 1. The van der Waals surface area contributed by atoms with E-state index < -0.39 is 5.97 Å². The number of para-hydroxylation sites is 2. The first kappa shape index (κ1) is 13.2. The first-order chi connectivity index (χ1) is 10.2. The van der Waals surface area contributed by atoms with Crippen LogP contribution in [0.2, 0.25) is 0 Å². The van der Waals surface area contributed by atoms with Gasteiger partial charge in [0.2, 0.25) is 0 Å². The number of hydrogen-bond donors (Lipinski definition) is 2. The van der Waals surface area contributed by atoms with Crippen LogP contribution in [-0.2, 0) is 17.8 Å². The molecule has 2 N–H and O–H groups in total. The van der Waals surface area contributed by atoms with Crippen molar-refractivity contribution in [3.63, 3.8) is 0 Å². The van der Waals surface area contributed by atoms with Crippen molar-refractivity contribution in [3.05, 3.63) is 59.7 Å². The molecule has 1 aromatic heterocycles. The molecule has 0 spiro atoms. The van der Waals surface area contributed by atoms with Gasteiger partial charge in [-0.1, -0.05) is 36.4 Å². The molecule has 0 atom stereocenters. The molecule has 0 saturated heterocycles. The van der Waals surface area contributed by atoms with Gasteiger partial charge in [-0.3, -0.25) is 4.79 Å². The standard InChI is InChI=1S/C16H14N2O3/c19-15(20)9-11-5-1-2-6-12(11)10-17-16-18-13-7-3-4-8-14(13)21-16/h1-8H,9-10H2,(H,17,18)(H,19,20). The second kappa shape index (κ2) is 5.66. The predicted octanol–water partition coefficient (Wildman–Crippen LogP) is 3.07. The largest absolute Gasteiger partial charge is 0.481 e. The SMILES string of the molecule is O=C(O)Cc1ccccc1CNc1nc2ccccc2o1. The molecule has 0 bridgehead atoms. The van der Waals surface area contributed by atoms with Crippen molar-refractivity contribution >= 4 is 23.1 Å². The molecule has 5 nitrogen and oxygen atoms in total. The molecule has 21 heavy (non-hydrogen) atoms. The first-order valence-electron chi connectivity index (χ1n) is 6.60. The Balaban J connectivity index is 1.76. The zero-order valence-electron chi connectivity index (χ0n) is 11.2. The summed E-state index contributed by atoms with van der Waals surface area (Å²) in [6, 6.07) is 15.4. The van der Waals surface area contributed by atoms with Gasteiger partial charge in [-0.05, 0) is 23.3 Å². The number of aliphatic carboxylic acids is 1. The van der Waals surface area contributed by atoms with Crippen LogP contribution in [0.1, 0.15) is 11.1 Å². The summed E-state index contributed by atoms with van der Waals surface area (Å²) in [6.45, 7) is 0.469. The molecule has 0 aliphatic heterocycles. The zero-order valence-corrected chi connectivity index (χ0v) is 11.2. The predicted molar refractivity (Wildman–Crippen MR) is 79.1 cm³/mol. The molecule has 0 radical (unpaired) electrons. The Morgan fingerprint density at radius 3 is 2.57 bits per heavy atom. The van der Waals surface area contributed by atoms with E-state index in [-0.39, 0.29) is 6.42 Å². The van der Waals surface area contributed by atoms with Gasteiger partial charge in [-0.25, -0.2) is 0 Å². The maximum absolute atomic E-state index is 10.9. The van der Waals surface area contributed by atoms with Crippen molar-refractivity contribution in [2.75, 3.05) is 5.32 Å². The average Bonchev–Trinajstić information content (AvgIpc) is 2.88. The summed E-state index contributed by atoms with van der Waals surface area (Å²) in [5.41, 5.74) is 3.22. The number of carbonyl (C=O) groups is 1. The second-order valence-electron chi connectivity index (χ2n) is 4.68. The molecule has 0 amide bonds. The zero-order chi connectivity index (χ0) is 14.7. The highest BCUT2D eigenvalue weighted by atomic mass is 16.4. The van der Waals surface area contributed by atoms with Crippen molar-refractivity contribution in [3.8, 4) is 0 Å². The summed E-state index contributed by atoms with van der Waals surface area (Å²) in [5, 5.41) is 12.0. The third kappa shape index (κ3) is 3.02. The second-order valence-corrected chi connectivity index (χ2v) is 4.68. The van der Waals surface area contributed by atoms with Crippen LogP contribution in [-0.4, -0.2) is 16.1 Å². The lowest BCUT2D eigenvalue weighted by molar-refractivity contribution is -0.136. The third-order valence-electron chi connectivity index (χ3n) is 3.18. The van der Waals surface area contributed by atoms with E-state index >= 15 is 0 Å². The van der Waals surface area contributed by atoms with Gasteiger partial charge in [0.25, 0.3) is 6.01 Å². The van der Waals surface area contributed by atoms with E-state index in [0.717, 1.165) is 22.2 Å². The monoisotopic (exact) mass is 282 g/mol. The molecule has 5 heteroatoms. The number of anilines is 1. The van der Waals surface area contributed by atoms with Crippen LogP contribution >= 0.6 is 0 Å². The summed E-state index contributed by atoms with van der Waals surface area (Å²) in [5.74, 6) is -0.843. The maximum atomic E-state index is 10.9. The minimum Gasteiger partial charge on any atom is -0.481 e. The Bertz CT molecular complexity index is 747. The molecule has 3 rings (SSSR count). The smallest absolute Gasteiger partial charge is 0.307 e. The van der Waals surface area contributed by atoms with E-state index in [1.807, 2.05) is 48.5 Å². The van der Waals surface area contributed by atoms with Gasteiger partial charge in [0.05, 0.1) is 6.42 Å². The van der Waals surface area contributed by atoms with E-state index in [1.165, 1.54) is 0 Å². The van der Waals surface area contributed by atoms with Crippen LogP contribution in [0.15, 0.2) is 52.9 Å². The summed E-state index contributed by atoms with van der Waals surface area (Å²) in [6.07, 6.45) is 0.00537. The molecular formula is C16H14N2O3. The molecule has 2 aromatic carbocycles. The maximum Gasteiger partial charge on any atom is 0.307 e. The highest BCUT2D eigenvalue weighted by Crippen LogP contribution is 2.19. The Morgan fingerprint density at radius 2 is 1.81 bits per heavy atom. The minimum absolute atomic E-state index is 0.00537. The Morgan fingerprint density at radius 1 is 1.10 bits per heavy atom. The van der Waals surface area contributed by atoms with E-state index in [4.69, 9.17) is 9.52 Å². The van der Waals surface area contributed by atoms with Crippen molar-refractivity contribution < 1.29 is 14.3 Å². The molecule has 106 valence electrons. The number of hydrogen-bond acceptors (Lipinski definition) is 4. The average molecular weight is 282 g/mol. The third-order valence-corrected chi connectivity index (χ3v) is 3.18. The van der Waals surface area contributed by atoms with Crippen molar-refractivity contribution in [1.82, 2.24) is 4.98 Å². The van der Waals surface area contributed by atoms with Crippen LogP contribution in [0.3, 0.4) is 0 Å². The Hall–Kier alpha value is -2.82. The number of carboxylic acids is 1. The summed E-state index contributed by atoms with van der Waals surface area (Å²) in [7, 11) is 0. The van der Waals surface area contributed by atoms with Crippen LogP contribution in [0.25, 0.3) is 11.1 Å². The molecule has 0 aliphatic carbocycles. The van der Waals surface area contributed by atoms with Crippen molar-refractivity contribution in [2.24, 2.45) is 0 Å². The first-order valence-corrected chi connectivity index (χ1v) is 6.60. The van der Waals surface area contributed by atoms with Crippen LogP contribution in [0, 0.1) is 0 Å². The quantitative estimate of drug-likeness (QED) is 0.752. The molecule has 0 saturated carbocycles. The van der Waals surface area contributed by atoms with Gasteiger partial charge in [0, 0.05) is 6.54 Å². The number of rotatable bonds is 5. The highest BCUT2D eigenvalue weighted by Gasteiger charge is 2.08. The van der Waals surface area contributed by atoms with Gasteiger partial charge in [-0.15, -0.1) is 0 Å². The van der Waals surface area contributed by atoms with E-state index in [2.05, 4.69) is 10.3 Å². The number of oxazole rings is 1. The summed E-state index contributed by atoms with van der Waals surface area (Å²) < 4.78 is 5.57. The number of nitrogens with zero attached hydrogens (tertiary/aromatic N) is 1. The van der Waals surface area contributed by atoms with E-state index in [0.29, 0.717) is 12.6 Å². The molecule has 0 unspecified atom stereocenters. The molecule has 0 aliphatic rings.